The highest BCUT2D eigenvalue weighted by atomic mass is 19.1. The summed E-state index contributed by atoms with van der Waals surface area (Å²) in [6.07, 6.45) is 0.432. The van der Waals surface area contributed by atoms with Gasteiger partial charge in [-0.3, -0.25) is 19.2 Å². The van der Waals surface area contributed by atoms with Crippen LogP contribution in [0.15, 0.2) is 24.3 Å². The van der Waals surface area contributed by atoms with E-state index in [-0.39, 0.29) is 19.8 Å². The first-order chi connectivity index (χ1) is 14.8. The summed E-state index contributed by atoms with van der Waals surface area (Å²) >= 11 is 0. The predicted molar refractivity (Wildman–Crippen MR) is 104 cm³/mol. The van der Waals surface area contributed by atoms with Crippen molar-refractivity contribution in [2.75, 3.05) is 19.8 Å². The Balaban J connectivity index is 2.62. The van der Waals surface area contributed by atoms with Crippen LogP contribution in [0.5, 0.6) is 0 Å². The van der Waals surface area contributed by atoms with E-state index in [1.165, 1.54) is 26.0 Å². The number of carbonyl (C=O) groups excluding carboxylic acids is 5. The number of halogens is 1. The largest absolute Gasteiger partial charge is 0.465 e. The van der Waals surface area contributed by atoms with Crippen molar-refractivity contribution in [1.82, 2.24) is 0 Å². The molecule has 0 aliphatic heterocycles. The van der Waals surface area contributed by atoms with Gasteiger partial charge in [0.25, 0.3) is 0 Å². The predicted octanol–water partition coefficient (Wildman–Crippen LogP) is 1.84. The molecule has 0 heterocycles. The molecule has 1 aromatic carbocycles. The van der Waals surface area contributed by atoms with E-state index in [0.717, 1.165) is 12.1 Å². The molecule has 1 fully saturated rings. The first-order valence-electron chi connectivity index (χ1n) is 10.1. The Bertz CT molecular complexity index is 816. The Labute approximate surface area is 179 Å². The molecule has 1 aromatic rings. The number of Topliss-reactive ketones (excluding diaryl/α,β-unsaturated/α-hetero) is 1. The molecule has 168 valence electrons. The van der Waals surface area contributed by atoms with Crippen molar-refractivity contribution in [3.05, 3.63) is 35.6 Å². The molecule has 1 saturated carbocycles. The first-order valence-corrected chi connectivity index (χ1v) is 10.1. The highest BCUT2D eigenvalue weighted by molar-refractivity contribution is 6.10. The van der Waals surface area contributed by atoms with E-state index >= 15 is 0 Å². The lowest BCUT2D eigenvalue weighted by Gasteiger charge is -2.24. The van der Waals surface area contributed by atoms with Gasteiger partial charge in [0.15, 0.2) is 11.7 Å². The van der Waals surface area contributed by atoms with E-state index in [1.54, 1.807) is 6.92 Å². The Morgan fingerprint density at radius 1 is 0.968 bits per heavy atom. The van der Waals surface area contributed by atoms with Crippen LogP contribution in [0.25, 0.3) is 0 Å². The third kappa shape index (κ3) is 4.98. The number of hydrogen-bond donors (Lipinski definition) is 0. The minimum absolute atomic E-state index is 0.0195. The summed E-state index contributed by atoms with van der Waals surface area (Å²) in [5, 5.41) is 0. The molecule has 31 heavy (non-hydrogen) atoms. The van der Waals surface area contributed by atoms with Crippen molar-refractivity contribution in [2.45, 2.75) is 26.7 Å². The summed E-state index contributed by atoms with van der Waals surface area (Å²) in [6.45, 7) is 4.45. The maximum absolute atomic E-state index is 13.4. The zero-order valence-corrected chi connectivity index (χ0v) is 17.5. The van der Waals surface area contributed by atoms with Gasteiger partial charge >= 0.3 is 17.9 Å². The van der Waals surface area contributed by atoms with E-state index in [0.29, 0.717) is 11.8 Å². The molecule has 1 aliphatic carbocycles. The minimum Gasteiger partial charge on any atom is -0.465 e. The summed E-state index contributed by atoms with van der Waals surface area (Å²) in [6, 6.07) is 4.96. The lowest BCUT2D eigenvalue weighted by molar-refractivity contribution is -0.167. The zero-order valence-electron chi connectivity index (χ0n) is 17.5. The van der Waals surface area contributed by atoms with Crippen LogP contribution in [0.2, 0.25) is 0 Å². The third-order valence-electron chi connectivity index (χ3n) is 5.22. The molecule has 0 spiro atoms. The van der Waals surface area contributed by atoms with Crippen LogP contribution in [-0.4, -0.2) is 49.8 Å². The number of benzene rings is 1. The molecule has 0 unspecified atom stereocenters. The van der Waals surface area contributed by atoms with Gasteiger partial charge in [-0.25, -0.2) is 4.39 Å². The maximum Gasteiger partial charge on any atom is 0.321 e. The Morgan fingerprint density at radius 2 is 1.48 bits per heavy atom. The quantitative estimate of drug-likeness (QED) is 0.249. The second kappa shape index (κ2) is 10.8. The Hall–Kier alpha value is -3.10. The molecule has 9 heteroatoms. The van der Waals surface area contributed by atoms with Crippen molar-refractivity contribution < 1.29 is 42.6 Å². The van der Waals surface area contributed by atoms with Crippen molar-refractivity contribution in [3.8, 4) is 0 Å². The van der Waals surface area contributed by atoms with Crippen LogP contribution in [0, 0.1) is 29.5 Å². The van der Waals surface area contributed by atoms with Crippen LogP contribution in [-0.2, 0) is 38.2 Å². The van der Waals surface area contributed by atoms with Crippen LogP contribution in [0.1, 0.15) is 32.3 Å². The zero-order chi connectivity index (χ0) is 23.1. The number of ketones is 1. The van der Waals surface area contributed by atoms with Gasteiger partial charge < -0.3 is 19.0 Å². The van der Waals surface area contributed by atoms with Crippen molar-refractivity contribution in [3.63, 3.8) is 0 Å². The second-order valence-corrected chi connectivity index (χ2v) is 6.93. The average Bonchev–Trinajstić information content (AvgIpc) is 3.01. The van der Waals surface area contributed by atoms with E-state index in [4.69, 9.17) is 14.2 Å². The fraction of sp³-hybridized carbons (Fsp3) is 0.500. The van der Waals surface area contributed by atoms with Gasteiger partial charge in [-0.05, 0) is 38.5 Å². The lowest BCUT2D eigenvalue weighted by Crippen LogP contribution is -2.40. The molecule has 0 aromatic heterocycles. The summed E-state index contributed by atoms with van der Waals surface area (Å²) in [4.78, 5) is 63.3. The number of hydrogen-bond acceptors (Lipinski definition) is 8. The fourth-order valence-corrected chi connectivity index (χ4v) is 4.02. The molecule has 8 nitrogen and oxygen atoms in total. The van der Waals surface area contributed by atoms with E-state index in [9.17, 15) is 28.4 Å². The SMILES string of the molecule is CCOC(=O)C(C(=O)OCC)[C@@H]1C(=O)[C@@H](C(=O)OCC)[C@H](c2ccc(F)cc2)[C@H]1C=O. The van der Waals surface area contributed by atoms with Crippen molar-refractivity contribution in [1.29, 1.82) is 0 Å². The molecule has 2 rings (SSSR count). The van der Waals surface area contributed by atoms with Gasteiger partial charge in [-0.2, -0.15) is 0 Å². The smallest absolute Gasteiger partial charge is 0.321 e. The molecule has 0 saturated heterocycles. The van der Waals surface area contributed by atoms with E-state index in [2.05, 4.69) is 0 Å². The average molecular weight is 436 g/mol. The van der Waals surface area contributed by atoms with Crippen LogP contribution in [0.4, 0.5) is 4.39 Å². The van der Waals surface area contributed by atoms with Gasteiger partial charge in [0, 0.05) is 11.8 Å². The van der Waals surface area contributed by atoms with Crippen LogP contribution >= 0.6 is 0 Å². The van der Waals surface area contributed by atoms with E-state index < -0.39 is 59.1 Å². The van der Waals surface area contributed by atoms with Gasteiger partial charge in [-0.15, -0.1) is 0 Å². The summed E-state index contributed by atoms with van der Waals surface area (Å²) in [5.74, 6) is -11.2. The van der Waals surface area contributed by atoms with Gasteiger partial charge in [-0.1, -0.05) is 12.1 Å². The molecule has 4 atom stereocenters. The highest BCUT2D eigenvalue weighted by Crippen LogP contribution is 2.48. The number of carbonyl (C=O) groups is 5. The highest BCUT2D eigenvalue weighted by Gasteiger charge is 2.60. The molecular formula is C22H25FO8. The van der Waals surface area contributed by atoms with Gasteiger partial charge in [0.05, 0.1) is 25.7 Å². The molecule has 0 N–H and O–H groups in total. The molecule has 0 radical (unpaired) electrons. The molecular weight excluding hydrogens is 411 g/mol. The number of ether oxygens (including phenoxy) is 3. The number of aldehydes is 1. The topological polar surface area (TPSA) is 113 Å². The molecule has 1 aliphatic rings. The fourth-order valence-electron chi connectivity index (χ4n) is 4.02. The summed E-state index contributed by atoms with van der Waals surface area (Å²) < 4.78 is 28.4. The van der Waals surface area contributed by atoms with Gasteiger partial charge in [0.1, 0.15) is 18.0 Å². The van der Waals surface area contributed by atoms with Gasteiger partial charge in [0.2, 0.25) is 0 Å². The third-order valence-corrected chi connectivity index (χ3v) is 5.22. The standard InChI is InChI=1S/C22H25FO8/c1-4-29-20(26)17-15(12-7-9-13(23)10-8-12)14(11-24)16(19(17)25)18(21(27)30-5-2)22(28)31-6-3/h7-11,14-18H,4-6H2,1-3H3/t14-,15-,16-,17+/m1/s1. The lowest BCUT2D eigenvalue weighted by atomic mass is 9.78. The number of esters is 3. The molecule has 0 amide bonds. The number of rotatable bonds is 9. The van der Waals surface area contributed by atoms with E-state index in [1.807, 2.05) is 0 Å². The monoisotopic (exact) mass is 436 g/mol. The van der Waals surface area contributed by atoms with Crippen molar-refractivity contribution in [2.24, 2.45) is 23.7 Å². The van der Waals surface area contributed by atoms with Crippen LogP contribution in [0.3, 0.4) is 0 Å². The van der Waals surface area contributed by atoms with Crippen LogP contribution < -0.4 is 0 Å². The normalized spacial score (nSPS) is 22.8. The summed E-state index contributed by atoms with van der Waals surface area (Å²) in [5.41, 5.74) is 0.332. The second-order valence-electron chi connectivity index (χ2n) is 6.93. The maximum atomic E-state index is 13.4. The Morgan fingerprint density at radius 3 is 1.94 bits per heavy atom. The summed E-state index contributed by atoms with van der Waals surface area (Å²) in [7, 11) is 0. The Kier molecular flexibility index (Phi) is 8.41. The minimum atomic E-state index is -1.72. The molecule has 0 bridgehead atoms. The van der Waals surface area contributed by atoms with Crippen molar-refractivity contribution >= 4 is 30.0 Å². The first kappa shape index (κ1) is 24.2.